The van der Waals surface area contributed by atoms with Crippen LogP contribution in [0.2, 0.25) is 5.02 Å². The Morgan fingerprint density at radius 3 is 2.30 bits per heavy atom. The summed E-state index contributed by atoms with van der Waals surface area (Å²) in [6, 6.07) is 15.3. The number of carbonyl (C=O) groups excluding carboxylic acids is 2. The van der Waals surface area contributed by atoms with Crippen molar-refractivity contribution in [1.82, 2.24) is 14.5 Å². The molecule has 1 heterocycles. The summed E-state index contributed by atoms with van der Waals surface area (Å²) in [5, 5.41) is 3.29. The van der Waals surface area contributed by atoms with Crippen LogP contribution in [-0.2, 0) is 31.0 Å². The summed E-state index contributed by atoms with van der Waals surface area (Å²) in [4.78, 5) is 28.9. The highest BCUT2D eigenvalue weighted by molar-refractivity contribution is 7.98. The van der Waals surface area contributed by atoms with Gasteiger partial charge in [0.05, 0.1) is 29.2 Å². The van der Waals surface area contributed by atoms with Crippen LogP contribution in [0.15, 0.2) is 60.2 Å². The van der Waals surface area contributed by atoms with Crippen LogP contribution in [-0.4, -0.2) is 73.3 Å². The molecule has 0 aromatic heterocycles. The molecule has 0 bridgehead atoms. The number of hydrogen-bond donors (Lipinski definition) is 2. The molecule has 234 valence electrons. The Kier molecular flexibility index (Phi) is 10.4. The SMILES string of the molecule is CCN(CC1=C(c2ccc(Cl)cc2)S(=O)(=O)N(C)C12CCCCC2)C(=O)[C@@H](COCc1ccccc1)NC(=O)C(C)(C)N. The third-order valence-corrected chi connectivity index (χ3v) is 10.8. The number of ether oxygens (including phenoxy) is 1. The number of benzene rings is 2. The van der Waals surface area contributed by atoms with Gasteiger partial charge < -0.3 is 20.7 Å². The van der Waals surface area contributed by atoms with E-state index in [1.165, 1.54) is 4.31 Å². The number of nitrogens with one attached hydrogen (secondary N) is 1. The van der Waals surface area contributed by atoms with E-state index in [2.05, 4.69) is 5.32 Å². The number of amides is 2. The Morgan fingerprint density at radius 2 is 1.72 bits per heavy atom. The van der Waals surface area contributed by atoms with Crippen molar-refractivity contribution in [2.24, 2.45) is 5.73 Å². The van der Waals surface area contributed by atoms with Crippen LogP contribution in [0.4, 0.5) is 0 Å². The zero-order valence-corrected chi connectivity index (χ0v) is 27.0. The van der Waals surface area contributed by atoms with Gasteiger partial charge in [-0.25, -0.2) is 8.42 Å². The first-order chi connectivity index (χ1) is 20.3. The minimum atomic E-state index is -3.85. The lowest BCUT2D eigenvalue weighted by molar-refractivity contribution is -0.139. The first kappa shape index (κ1) is 33.1. The molecule has 9 nitrogen and oxygen atoms in total. The van der Waals surface area contributed by atoms with Gasteiger partial charge in [0.1, 0.15) is 6.04 Å². The second-order valence-electron chi connectivity index (χ2n) is 12.0. The molecule has 4 rings (SSSR count). The monoisotopic (exact) mass is 630 g/mol. The van der Waals surface area contributed by atoms with Crippen LogP contribution in [0.25, 0.3) is 4.91 Å². The molecule has 1 fully saturated rings. The fourth-order valence-electron chi connectivity index (χ4n) is 5.97. The first-order valence-corrected chi connectivity index (χ1v) is 16.6. The van der Waals surface area contributed by atoms with Crippen LogP contribution >= 0.6 is 11.6 Å². The smallest absolute Gasteiger partial charge is 0.247 e. The van der Waals surface area contributed by atoms with E-state index in [9.17, 15) is 18.0 Å². The summed E-state index contributed by atoms with van der Waals surface area (Å²) >= 11 is 6.15. The van der Waals surface area contributed by atoms with Gasteiger partial charge in [0.15, 0.2) is 0 Å². The minimum absolute atomic E-state index is 0.0710. The predicted molar refractivity (Wildman–Crippen MR) is 169 cm³/mol. The van der Waals surface area contributed by atoms with Gasteiger partial charge in [0.2, 0.25) is 21.8 Å². The highest BCUT2D eigenvalue weighted by atomic mass is 35.5. The quantitative estimate of drug-likeness (QED) is 0.381. The van der Waals surface area contributed by atoms with E-state index in [4.69, 9.17) is 22.1 Å². The molecule has 1 atom stereocenters. The lowest BCUT2D eigenvalue weighted by Crippen LogP contribution is -2.58. The summed E-state index contributed by atoms with van der Waals surface area (Å²) in [6.45, 7) is 5.57. The molecule has 2 aliphatic rings. The Hall–Kier alpha value is -2.76. The Bertz CT molecular complexity index is 1430. The van der Waals surface area contributed by atoms with Crippen LogP contribution < -0.4 is 11.1 Å². The molecule has 2 aromatic rings. The van der Waals surface area contributed by atoms with Crippen molar-refractivity contribution in [2.75, 3.05) is 26.7 Å². The van der Waals surface area contributed by atoms with E-state index in [0.29, 0.717) is 35.5 Å². The number of nitrogens with two attached hydrogens (primary N) is 1. The maximum absolute atomic E-state index is 14.2. The number of rotatable bonds is 11. The minimum Gasteiger partial charge on any atom is -0.374 e. The number of halogens is 1. The molecule has 1 spiro atoms. The van der Waals surface area contributed by atoms with E-state index in [1.54, 1.807) is 50.1 Å². The van der Waals surface area contributed by atoms with Crippen molar-refractivity contribution in [3.63, 3.8) is 0 Å². The summed E-state index contributed by atoms with van der Waals surface area (Å²) < 4.78 is 35.4. The molecular weight excluding hydrogens is 588 g/mol. The van der Waals surface area contributed by atoms with E-state index in [0.717, 1.165) is 24.8 Å². The number of hydrogen-bond acceptors (Lipinski definition) is 6. The molecule has 0 radical (unpaired) electrons. The lowest BCUT2D eigenvalue weighted by Gasteiger charge is -2.42. The second kappa shape index (κ2) is 13.5. The summed E-state index contributed by atoms with van der Waals surface area (Å²) in [7, 11) is -2.21. The molecule has 3 N–H and O–H groups in total. The number of nitrogens with zero attached hydrogens (tertiary/aromatic N) is 2. The number of sulfonamides is 1. The van der Waals surface area contributed by atoms with Crippen LogP contribution in [0.3, 0.4) is 0 Å². The molecule has 2 aromatic carbocycles. The molecule has 0 saturated heterocycles. The van der Waals surface area contributed by atoms with E-state index < -0.39 is 33.1 Å². The zero-order valence-electron chi connectivity index (χ0n) is 25.4. The first-order valence-electron chi connectivity index (χ1n) is 14.8. The third kappa shape index (κ3) is 7.15. The van der Waals surface area contributed by atoms with Crippen LogP contribution in [0, 0.1) is 0 Å². The molecule has 1 saturated carbocycles. The van der Waals surface area contributed by atoms with Crippen molar-refractivity contribution in [1.29, 1.82) is 0 Å². The molecule has 1 aliphatic heterocycles. The molecule has 0 unspecified atom stereocenters. The Labute approximate surface area is 260 Å². The predicted octanol–water partition coefficient (Wildman–Crippen LogP) is 4.32. The van der Waals surface area contributed by atoms with Gasteiger partial charge in [-0.05, 0) is 62.4 Å². The summed E-state index contributed by atoms with van der Waals surface area (Å²) in [5.41, 5.74) is 6.27. The topological polar surface area (TPSA) is 122 Å². The van der Waals surface area contributed by atoms with Crippen LogP contribution in [0.1, 0.15) is 64.0 Å². The fraction of sp³-hybridized carbons (Fsp3) is 0.500. The zero-order chi connectivity index (χ0) is 31.4. The number of carbonyl (C=O) groups is 2. The van der Waals surface area contributed by atoms with E-state index >= 15 is 0 Å². The van der Waals surface area contributed by atoms with Crippen molar-refractivity contribution < 1.29 is 22.7 Å². The summed E-state index contributed by atoms with van der Waals surface area (Å²) in [6.07, 6.45) is 4.13. The molecule has 11 heteroatoms. The largest absolute Gasteiger partial charge is 0.374 e. The second-order valence-corrected chi connectivity index (χ2v) is 14.3. The average Bonchev–Trinajstić information content (AvgIpc) is 3.13. The lowest BCUT2D eigenvalue weighted by atomic mass is 9.75. The molecule has 1 aliphatic carbocycles. The fourth-order valence-corrected chi connectivity index (χ4v) is 8.12. The highest BCUT2D eigenvalue weighted by Gasteiger charge is 2.54. The van der Waals surface area contributed by atoms with Gasteiger partial charge in [0, 0.05) is 25.2 Å². The van der Waals surface area contributed by atoms with E-state index in [-0.39, 0.29) is 30.6 Å². The van der Waals surface area contributed by atoms with Crippen molar-refractivity contribution in [3.05, 3.63) is 76.3 Å². The van der Waals surface area contributed by atoms with Gasteiger partial charge in [-0.1, -0.05) is 73.3 Å². The average molecular weight is 631 g/mol. The highest BCUT2D eigenvalue weighted by Crippen LogP contribution is 2.51. The van der Waals surface area contributed by atoms with Crippen LogP contribution in [0.5, 0.6) is 0 Å². The van der Waals surface area contributed by atoms with Gasteiger partial charge in [-0.3, -0.25) is 9.59 Å². The maximum atomic E-state index is 14.2. The van der Waals surface area contributed by atoms with Crippen molar-refractivity contribution in [2.45, 2.75) is 76.6 Å². The molecular formula is C32H43ClN4O5S. The Morgan fingerprint density at radius 1 is 1.09 bits per heavy atom. The number of likely N-dealkylation sites (N-methyl/N-ethyl adjacent to an activating group) is 2. The summed E-state index contributed by atoms with van der Waals surface area (Å²) in [5.74, 6) is -0.854. The third-order valence-electron chi connectivity index (χ3n) is 8.47. The van der Waals surface area contributed by atoms with Gasteiger partial charge in [0.25, 0.3) is 0 Å². The van der Waals surface area contributed by atoms with Gasteiger partial charge in [-0.15, -0.1) is 0 Å². The van der Waals surface area contributed by atoms with E-state index in [1.807, 2.05) is 37.3 Å². The molecule has 43 heavy (non-hydrogen) atoms. The van der Waals surface area contributed by atoms with Crippen molar-refractivity contribution in [3.8, 4) is 0 Å². The van der Waals surface area contributed by atoms with Crippen molar-refractivity contribution >= 4 is 38.3 Å². The normalized spacial score (nSPS) is 18.9. The maximum Gasteiger partial charge on any atom is 0.247 e. The van der Waals surface area contributed by atoms with Gasteiger partial charge >= 0.3 is 0 Å². The molecule has 2 amide bonds. The standard InChI is InChI=1S/C32H43ClN4O5S/c1-5-37(29(38)27(35-30(39)31(2,3)34)22-42-21-23-12-8-6-9-13-23)20-26-28(24-14-16-25(33)17-15-24)43(40,41)36(4)32(26)18-10-7-11-19-32/h6,8-9,12-17,27H,5,7,10-11,18-22,34H2,1-4H3,(H,35,39)/t27-/m1/s1. The van der Waals surface area contributed by atoms with Gasteiger partial charge in [-0.2, -0.15) is 4.31 Å². The Balaban J connectivity index is 1.70.